The highest BCUT2D eigenvalue weighted by Gasteiger charge is 2.17. The molecule has 0 saturated heterocycles. The third-order valence-electron chi connectivity index (χ3n) is 4.82. The van der Waals surface area contributed by atoms with Crippen LogP contribution in [0.1, 0.15) is 15.9 Å². The van der Waals surface area contributed by atoms with Gasteiger partial charge in [0.25, 0.3) is 5.91 Å². The van der Waals surface area contributed by atoms with Crippen molar-refractivity contribution in [3.8, 4) is 17.2 Å². The second-order valence-electron chi connectivity index (χ2n) is 7.09. The van der Waals surface area contributed by atoms with Gasteiger partial charge >= 0.3 is 10.1 Å². The Kier molecular flexibility index (Phi) is 6.74. The van der Waals surface area contributed by atoms with Crippen LogP contribution in [0.15, 0.2) is 107 Å². The van der Waals surface area contributed by atoms with E-state index in [1.807, 2.05) is 41.2 Å². The van der Waals surface area contributed by atoms with Crippen LogP contribution >= 0.6 is 0 Å². The Bertz CT molecular complexity index is 1410. The summed E-state index contributed by atoms with van der Waals surface area (Å²) in [4.78, 5) is 12.7. The zero-order valence-electron chi connectivity index (χ0n) is 18.2. The van der Waals surface area contributed by atoms with E-state index in [2.05, 4.69) is 10.5 Å². The minimum atomic E-state index is -4.02. The van der Waals surface area contributed by atoms with Gasteiger partial charge in [0, 0.05) is 12.4 Å². The summed E-state index contributed by atoms with van der Waals surface area (Å²) >= 11 is 0. The lowest BCUT2D eigenvalue weighted by molar-refractivity contribution is 0.0955. The zero-order chi connectivity index (χ0) is 24.0. The van der Waals surface area contributed by atoms with Crippen LogP contribution in [0.2, 0.25) is 0 Å². The summed E-state index contributed by atoms with van der Waals surface area (Å²) in [6.45, 7) is 0. The highest BCUT2D eigenvalue weighted by atomic mass is 32.2. The number of para-hydroxylation sites is 1. The van der Waals surface area contributed by atoms with E-state index in [9.17, 15) is 13.2 Å². The van der Waals surface area contributed by atoms with E-state index in [4.69, 9.17) is 8.92 Å². The van der Waals surface area contributed by atoms with Crippen molar-refractivity contribution in [2.45, 2.75) is 4.90 Å². The van der Waals surface area contributed by atoms with Gasteiger partial charge in [-0.2, -0.15) is 13.5 Å². The fourth-order valence-electron chi connectivity index (χ4n) is 3.18. The largest absolute Gasteiger partial charge is 0.497 e. The van der Waals surface area contributed by atoms with Crippen molar-refractivity contribution in [3.63, 3.8) is 0 Å². The van der Waals surface area contributed by atoms with E-state index in [1.165, 1.54) is 49.7 Å². The first kappa shape index (κ1) is 22.8. The van der Waals surface area contributed by atoms with Gasteiger partial charge < -0.3 is 13.5 Å². The smallest absolute Gasteiger partial charge is 0.339 e. The van der Waals surface area contributed by atoms with Gasteiger partial charge in [-0.05, 0) is 66.2 Å². The lowest BCUT2D eigenvalue weighted by Crippen LogP contribution is -2.19. The summed E-state index contributed by atoms with van der Waals surface area (Å²) in [5.41, 5.74) is 4.22. The molecule has 1 heterocycles. The van der Waals surface area contributed by atoms with Crippen LogP contribution in [0, 0.1) is 0 Å². The number of benzene rings is 3. The number of rotatable bonds is 8. The van der Waals surface area contributed by atoms with Crippen molar-refractivity contribution in [2.75, 3.05) is 7.11 Å². The molecule has 8 nitrogen and oxygen atoms in total. The topological polar surface area (TPSA) is 99.0 Å². The van der Waals surface area contributed by atoms with Gasteiger partial charge in [-0.3, -0.25) is 4.79 Å². The fraction of sp³-hybridized carbons (Fsp3) is 0.0400. The number of aromatic nitrogens is 1. The van der Waals surface area contributed by atoms with Gasteiger partial charge in [0.15, 0.2) is 0 Å². The van der Waals surface area contributed by atoms with Gasteiger partial charge in [0.2, 0.25) is 0 Å². The van der Waals surface area contributed by atoms with Crippen LogP contribution in [0.5, 0.6) is 11.5 Å². The molecule has 4 rings (SSSR count). The molecule has 0 atom stereocenters. The van der Waals surface area contributed by atoms with E-state index >= 15 is 0 Å². The van der Waals surface area contributed by atoms with Crippen molar-refractivity contribution in [3.05, 3.63) is 108 Å². The molecule has 1 amide bonds. The summed E-state index contributed by atoms with van der Waals surface area (Å²) in [6, 6.07) is 23.1. The van der Waals surface area contributed by atoms with Gasteiger partial charge in [-0.15, -0.1) is 0 Å². The minimum absolute atomic E-state index is 0.000918. The van der Waals surface area contributed by atoms with Gasteiger partial charge in [0.1, 0.15) is 16.4 Å². The van der Waals surface area contributed by atoms with Crippen molar-refractivity contribution in [1.82, 2.24) is 9.99 Å². The summed E-state index contributed by atoms with van der Waals surface area (Å²) in [6.07, 6.45) is 5.10. The predicted octanol–water partition coefficient (Wildman–Crippen LogP) is 4.02. The van der Waals surface area contributed by atoms with Crippen LogP contribution in [-0.4, -0.2) is 32.2 Å². The molecule has 0 aliphatic heterocycles. The Labute approximate surface area is 197 Å². The van der Waals surface area contributed by atoms with Crippen molar-refractivity contribution in [1.29, 1.82) is 0 Å². The van der Waals surface area contributed by atoms with Crippen LogP contribution in [0.25, 0.3) is 5.69 Å². The van der Waals surface area contributed by atoms with Crippen molar-refractivity contribution in [2.24, 2.45) is 5.10 Å². The van der Waals surface area contributed by atoms with Crippen molar-refractivity contribution >= 4 is 22.2 Å². The molecule has 0 spiro atoms. The van der Waals surface area contributed by atoms with Crippen LogP contribution in [-0.2, 0) is 10.1 Å². The third-order valence-corrected chi connectivity index (χ3v) is 6.08. The molecule has 0 fully saturated rings. The molecule has 0 aliphatic rings. The van der Waals surface area contributed by atoms with E-state index in [0.29, 0.717) is 16.9 Å². The molecule has 172 valence electrons. The highest BCUT2D eigenvalue weighted by Crippen LogP contribution is 2.21. The van der Waals surface area contributed by atoms with E-state index in [1.54, 1.807) is 24.3 Å². The molecule has 9 heteroatoms. The molecule has 0 radical (unpaired) electrons. The standard InChI is InChI=1S/C25H21N3O5S/c1-32-20-11-13-22(14-12-20)34(30,31)33-21-8-6-7-19(17-21)18-26-27-25(29)23-9-2-3-10-24(23)28-15-4-5-16-28/h2-18H,1H3,(H,27,29)/b26-18-. The lowest BCUT2D eigenvalue weighted by Gasteiger charge is -2.09. The molecule has 0 aliphatic carbocycles. The van der Waals surface area contributed by atoms with Crippen LogP contribution in [0.3, 0.4) is 0 Å². The molecular formula is C25H21N3O5S. The normalized spacial score (nSPS) is 11.3. The number of amides is 1. The number of nitrogens with zero attached hydrogens (tertiary/aromatic N) is 2. The number of hydrogen-bond donors (Lipinski definition) is 1. The molecule has 0 unspecified atom stereocenters. The minimum Gasteiger partial charge on any atom is -0.497 e. The Morgan fingerprint density at radius 1 is 0.912 bits per heavy atom. The summed E-state index contributed by atoms with van der Waals surface area (Å²) < 4.78 is 37.2. The average Bonchev–Trinajstić information content (AvgIpc) is 3.39. The van der Waals surface area contributed by atoms with E-state index in [0.717, 1.165) is 5.69 Å². The number of hydrogen-bond acceptors (Lipinski definition) is 6. The monoisotopic (exact) mass is 475 g/mol. The number of ether oxygens (including phenoxy) is 1. The van der Waals surface area contributed by atoms with Crippen LogP contribution < -0.4 is 14.3 Å². The maximum Gasteiger partial charge on any atom is 0.339 e. The predicted molar refractivity (Wildman–Crippen MR) is 128 cm³/mol. The Hall–Kier alpha value is -4.37. The summed E-state index contributed by atoms with van der Waals surface area (Å²) in [7, 11) is -2.53. The SMILES string of the molecule is COc1ccc(S(=O)(=O)Oc2cccc(/C=N\NC(=O)c3ccccc3-n3cccc3)c2)cc1. The second-order valence-corrected chi connectivity index (χ2v) is 8.64. The highest BCUT2D eigenvalue weighted by molar-refractivity contribution is 7.87. The molecule has 1 aromatic heterocycles. The van der Waals surface area contributed by atoms with Gasteiger partial charge in [0.05, 0.1) is 24.6 Å². The number of nitrogens with one attached hydrogen (secondary N) is 1. The van der Waals surface area contributed by atoms with Crippen LogP contribution in [0.4, 0.5) is 0 Å². The van der Waals surface area contributed by atoms with Gasteiger partial charge in [-0.1, -0.05) is 24.3 Å². The number of methoxy groups -OCH3 is 1. The first-order chi connectivity index (χ1) is 16.5. The Balaban J connectivity index is 1.45. The molecule has 4 aromatic rings. The number of carbonyl (C=O) groups is 1. The molecule has 3 aromatic carbocycles. The van der Waals surface area contributed by atoms with E-state index in [-0.39, 0.29) is 16.6 Å². The quantitative estimate of drug-likeness (QED) is 0.236. The van der Waals surface area contributed by atoms with Crippen molar-refractivity contribution < 1.29 is 22.1 Å². The molecular weight excluding hydrogens is 454 g/mol. The molecule has 0 bridgehead atoms. The fourth-order valence-corrected chi connectivity index (χ4v) is 4.10. The van der Waals surface area contributed by atoms with E-state index < -0.39 is 10.1 Å². The third kappa shape index (κ3) is 5.33. The lowest BCUT2D eigenvalue weighted by atomic mass is 10.1. The number of carbonyl (C=O) groups excluding carboxylic acids is 1. The first-order valence-electron chi connectivity index (χ1n) is 10.2. The maximum atomic E-state index is 12.7. The number of hydrazone groups is 1. The summed E-state index contributed by atoms with van der Waals surface area (Å²) in [5.74, 6) is 0.272. The molecule has 34 heavy (non-hydrogen) atoms. The Morgan fingerprint density at radius 2 is 1.65 bits per heavy atom. The zero-order valence-corrected chi connectivity index (χ0v) is 19.0. The maximum absolute atomic E-state index is 12.7. The summed E-state index contributed by atoms with van der Waals surface area (Å²) in [5, 5.41) is 4.00. The molecule has 0 saturated carbocycles. The van der Waals surface area contributed by atoms with Gasteiger partial charge in [-0.25, -0.2) is 5.43 Å². The molecule has 1 N–H and O–H groups in total. The average molecular weight is 476 g/mol. The second kappa shape index (κ2) is 10.1. The first-order valence-corrected chi connectivity index (χ1v) is 11.6. The Morgan fingerprint density at radius 3 is 2.38 bits per heavy atom.